The lowest BCUT2D eigenvalue weighted by Crippen LogP contribution is -2.48. The molecule has 4 aromatic rings. The second kappa shape index (κ2) is 7.15. The first-order valence-corrected chi connectivity index (χ1v) is 9.80. The van der Waals surface area contributed by atoms with Crippen molar-refractivity contribution < 1.29 is 9.90 Å². The van der Waals surface area contributed by atoms with Crippen molar-refractivity contribution in [3.8, 4) is 28.1 Å². The zero-order valence-electron chi connectivity index (χ0n) is 16.2. The maximum atomic E-state index is 11.9. The van der Waals surface area contributed by atoms with Crippen molar-refractivity contribution in [1.29, 1.82) is 0 Å². The second-order valence-corrected chi connectivity index (χ2v) is 7.43. The molecule has 0 saturated carbocycles. The van der Waals surface area contributed by atoms with Crippen molar-refractivity contribution in [3.05, 3.63) is 79.0 Å². The van der Waals surface area contributed by atoms with Gasteiger partial charge in [0.15, 0.2) is 5.65 Å². The van der Waals surface area contributed by atoms with E-state index >= 15 is 0 Å². The summed E-state index contributed by atoms with van der Waals surface area (Å²) in [6, 6.07) is 19.2. The topological polar surface area (TPSA) is 82.1 Å². The van der Waals surface area contributed by atoms with Crippen LogP contribution in [-0.2, 0) is 4.79 Å². The zero-order chi connectivity index (χ0) is 20.7. The number of aromatic nitrogens is 3. The number of phenols is 1. The molecule has 2 aromatic carbocycles. The number of nitrogens with zero attached hydrogens (tertiary/aromatic N) is 3. The highest BCUT2D eigenvalue weighted by Gasteiger charge is 2.34. The molecule has 0 aliphatic carbocycles. The summed E-state index contributed by atoms with van der Waals surface area (Å²) < 4.78 is 0. The number of carbonyl (C=O) groups is 1. The number of aromatic amines is 1. The lowest BCUT2D eigenvalue weighted by Gasteiger charge is -2.38. The van der Waals surface area contributed by atoms with Crippen molar-refractivity contribution in [3.63, 3.8) is 0 Å². The third kappa shape index (κ3) is 2.93. The highest BCUT2D eigenvalue weighted by molar-refractivity contribution is 5.98. The molecule has 6 heteroatoms. The summed E-state index contributed by atoms with van der Waals surface area (Å²) >= 11 is 0. The van der Waals surface area contributed by atoms with Crippen molar-refractivity contribution in [1.82, 2.24) is 20.1 Å². The summed E-state index contributed by atoms with van der Waals surface area (Å²) in [6.45, 7) is 4.84. The van der Waals surface area contributed by atoms with E-state index in [9.17, 15) is 9.90 Å². The molecule has 5 rings (SSSR count). The summed E-state index contributed by atoms with van der Waals surface area (Å²) in [5, 5.41) is 19.9. The van der Waals surface area contributed by atoms with Gasteiger partial charge < -0.3 is 15.0 Å². The van der Waals surface area contributed by atoms with Crippen LogP contribution < -0.4 is 0 Å². The normalized spacial score (nSPS) is 13.9. The Kier molecular flexibility index (Phi) is 4.32. The predicted octanol–water partition coefficient (Wildman–Crippen LogP) is 4.11. The Labute approximate surface area is 173 Å². The number of carbonyl (C=O) groups excluding carboxylic acids is 1. The van der Waals surface area contributed by atoms with Crippen LogP contribution in [0.25, 0.3) is 33.4 Å². The number of benzene rings is 2. The number of likely N-dealkylation sites (tertiary alicyclic amines) is 1. The fourth-order valence-corrected chi connectivity index (χ4v) is 4.02. The second-order valence-electron chi connectivity index (χ2n) is 7.43. The molecular formula is C24H20N4O2. The molecule has 2 N–H and O–H groups in total. The third-order valence-corrected chi connectivity index (χ3v) is 5.60. The van der Waals surface area contributed by atoms with Crippen LogP contribution in [0.1, 0.15) is 11.6 Å². The molecule has 1 aliphatic rings. The first kappa shape index (κ1) is 18.1. The molecule has 1 fully saturated rings. The number of H-pyrrole nitrogens is 1. The average Bonchev–Trinajstić information content (AvgIpc) is 3.11. The molecule has 0 spiro atoms. The summed E-state index contributed by atoms with van der Waals surface area (Å²) in [6.07, 6.45) is 1.35. The van der Waals surface area contributed by atoms with E-state index in [2.05, 4.69) is 33.9 Å². The summed E-state index contributed by atoms with van der Waals surface area (Å²) in [5.41, 5.74) is 5.13. The highest BCUT2D eigenvalue weighted by atomic mass is 16.3. The van der Waals surface area contributed by atoms with E-state index in [4.69, 9.17) is 0 Å². The Morgan fingerprint density at radius 1 is 1.10 bits per heavy atom. The van der Waals surface area contributed by atoms with Crippen LogP contribution >= 0.6 is 0 Å². The van der Waals surface area contributed by atoms with Crippen molar-refractivity contribution in [2.45, 2.75) is 5.92 Å². The number of hydrogen-bond donors (Lipinski definition) is 2. The Morgan fingerprint density at radius 3 is 2.57 bits per heavy atom. The van der Waals surface area contributed by atoms with Crippen LogP contribution in [-0.4, -0.2) is 44.2 Å². The Balaban J connectivity index is 1.65. The van der Waals surface area contributed by atoms with Crippen LogP contribution in [0, 0.1) is 0 Å². The van der Waals surface area contributed by atoms with Gasteiger partial charge in [-0.15, -0.1) is 10.2 Å². The number of rotatable bonds is 4. The van der Waals surface area contributed by atoms with E-state index in [1.54, 1.807) is 17.0 Å². The number of aromatic hydroxyl groups is 1. The number of hydrogen-bond acceptors (Lipinski definition) is 4. The number of fused-ring (bicyclic) bond motifs is 1. The molecule has 0 unspecified atom stereocenters. The first-order chi connectivity index (χ1) is 14.7. The minimum absolute atomic E-state index is 0.0507. The van der Waals surface area contributed by atoms with E-state index in [1.807, 2.05) is 36.4 Å². The lowest BCUT2D eigenvalue weighted by atomic mass is 9.90. The van der Waals surface area contributed by atoms with Crippen molar-refractivity contribution >= 4 is 16.9 Å². The summed E-state index contributed by atoms with van der Waals surface area (Å²) in [5.74, 6) is 0.304. The van der Waals surface area contributed by atoms with Gasteiger partial charge in [-0.2, -0.15) is 0 Å². The predicted molar refractivity (Wildman–Crippen MR) is 116 cm³/mol. The van der Waals surface area contributed by atoms with Gasteiger partial charge in [-0.05, 0) is 29.8 Å². The Morgan fingerprint density at radius 2 is 1.83 bits per heavy atom. The molecule has 0 bridgehead atoms. The molecule has 1 aliphatic heterocycles. The molecule has 30 heavy (non-hydrogen) atoms. The number of amides is 1. The molecule has 0 atom stereocenters. The molecule has 2 aromatic heterocycles. The standard InChI is InChI=1S/C24H20N4O2/c1-2-21(30)28-13-16(14-28)23-22(15-8-4-3-5-9-15)18-12-19(26-27-24(18)25-23)17-10-6-7-11-20(17)29/h2-12,16,29H,1,13-14H2,(H,25,27). The first-order valence-electron chi connectivity index (χ1n) is 9.80. The van der Waals surface area contributed by atoms with Gasteiger partial charge in [-0.25, -0.2) is 0 Å². The van der Waals surface area contributed by atoms with Crippen molar-refractivity contribution in [2.75, 3.05) is 13.1 Å². The van der Waals surface area contributed by atoms with Crippen LogP contribution in [0.4, 0.5) is 0 Å². The van der Waals surface area contributed by atoms with E-state index in [0.29, 0.717) is 30.0 Å². The molecule has 1 amide bonds. The molecule has 6 nitrogen and oxygen atoms in total. The smallest absolute Gasteiger partial charge is 0.245 e. The fraction of sp³-hybridized carbons (Fsp3) is 0.125. The van der Waals surface area contributed by atoms with Crippen molar-refractivity contribution in [2.24, 2.45) is 0 Å². The SMILES string of the molecule is C=CC(=O)N1CC(c2[nH]c3nnc(-c4ccccc4O)cc3c2-c2ccccc2)C1. The fourth-order valence-electron chi connectivity index (χ4n) is 4.02. The van der Waals surface area contributed by atoms with E-state index in [0.717, 1.165) is 22.2 Å². The van der Waals surface area contributed by atoms with Gasteiger partial charge in [0.1, 0.15) is 5.75 Å². The van der Waals surface area contributed by atoms with Gasteiger partial charge in [0.2, 0.25) is 5.91 Å². The number of para-hydroxylation sites is 1. The van der Waals surface area contributed by atoms with Gasteiger partial charge in [0.25, 0.3) is 0 Å². The molecule has 0 radical (unpaired) electrons. The summed E-state index contributed by atoms with van der Waals surface area (Å²) in [7, 11) is 0. The van der Waals surface area contributed by atoms with Crippen LogP contribution in [0.5, 0.6) is 5.75 Å². The van der Waals surface area contributed by atoms with E-state index < -0.39 is 0 Å². The highest BCUT2D eigenvalue weighted by Crippen LogP contribution is 2.40. The molecule has 148 valence electrons. The maximum Gasteiger partial charge on any atom is 0.245 e. The molecule has 1 saturated heterocycles. The van der Waals surface area contributed by atoms with E-state index in [1.165, 1.54) is 6.08 Å². The van der Waals surface area contributed by atoms with Gasteiger partial charge in [0.05, 0.1) is 5.69 Å². The van der Waals surface area contributed by atoms with Crippen LogP contribution in [0.2, 0.25) is 0 Å². The third-order valence-electron chi connectivity index (χ3n) is 5.60. The zero-order valence-corrected chi connectivity index (χ0v) is 16.2. The Hall–Kier alpha value is -3.93. The Bertz CT molecular complexity index is 1260. The van der Waals surface area contributed by atoms with Gasteiger partial charge in [0, 0.05) is 41.2 Å². The number of phenolic OH excluding ortho intramolecular Hbond substituents is 1. The van der Waals surface area contributed by atoms with E-state index in [-0.39, 0.29) is 17.6 Å². The van der Waals surface area contributed by atoms with Gasteiger partial charge in [-0.1, -0.05) is 49.0 Å². The van der Waals surface area contributed by atoms with Crippen LogP contribution in [0.15, 0.2) is 73.3 Å². The largest absolute Gasteiger partial charge is 0.507 e. The quantitative estimate of drug-likeness (QED) is 0.509. The summed E-state index contributed by atoms with van der Waals surface area (Å²) in [4.78, 5) is 17.1. The minimum Gasteiger partial charge on any atom is -0.507 e. The number of nitrogens with one attached hydrogen (secondary N) is 1. The minimum atomic E-state index is -0.0507. The van der Waals surface area contributed by atoms with Gasteiger partial charge in [-0.3, -0.25) is 4.79 Å². The lowest BCUT2D eigenvalue weighted by molar-refractivity contribution is -0.130. The molecular weight excluding hydrogens is 376 g/mol. The maximum absolute atomic E-state index is 11.9. The van der Waals surface area contributed by atoms with Gasteiger partial charge >= 0.3 is 0 Å². The van der Waals surface area contributed by atoms with Crippen LogP contribution in [0.3, 0.4) is 0 Å². The average molecular weight is 396 g/mol. The molecule has 3 heterocycles. The monoisotopic (exact) mass is 396 g/mol.